The van der Waals surface area contributed by atoms with E-state index in [1.54, 1.807) is 24.3 Å². The van der Waals surface area contributed by atoms with E-state index in [0.29, 0.717) is 16.7 Å². The number of fused-ring (bicyclic) bond motifs is 1. The van der Waals surface area contributed by atoms with E-state index >= 15 is 0 Å². The summed E-state index contributed by atoms with van der Waals surface area (Å²) in [6.07, 6.45) is 3.20. The summed E-state index contributed by atoms with van der Waals surface area (Å²) < 4.78 is 4.86. The molecule has 1 aliphatic carbocycles. The van der Waals surface area contributed by atoms with Crippen LogP contribution in [-0.4, -0.2) is 33.5 Å². The summed E-state index contributed by atoms with van der Waals surface area (Å²) >= 11 is 2.78. The summed E-state index contributed by atoms with van der Waals surface area (Å²) in [5.41, 5.74) is 1.11. The highest BCUT2D eigenvalue weighted by molar-refractivity contribution is 8.00. The Kier molecular flexibility index (Phi) is 4.97. The number of anilines is 2. The molecule has 1 aliphatic rings. The quantitative estimate of drug-likeness (QED) is 0.827. The minimum Gasteiger partial charge on any atom is -0.360 e. The largest absolute Gasteiger partial charge is 0.360 e. The van der Waals surface area contributed by atoms with Gasteiger partial charge in [-0.15, -0.1) is 23.1 Å². The lowest BCUT2D eigenvalue weighted by molar-refractivity contribution is -0.114. The smallest absolute Gasteiger partial charge is 0.236 e. The molecule has 0 unspecified atom stereocenters. The van der Waals surface area contributed by atoms with Gasteiger partial charge in [0.1, 0.15) is 5.76 Å². The van der Waals surface area contributed by atoms with Gasteiger partial charge in [0, 0.05) is 10.9 Å². The maximum Gasteiger partial charge on any atom is 0.236 e. The summed E-state index contributed by atoms with van der Waals surface area (Å²) in [5.74, 6) is 1.03. The van der Waals surface area contributed by atoms with Gasteiger partial charge in [-0.1, -0.05) is 5.16 Å². The Bertz CT molecular complexity index is 704. The van der Waals surface area contributed by atoms with Crippen LogP contribution in [0.3, 0.4) is 0 Å². The molecule has 0 bridgehead atoms. The molecule has 2 amide bonds. The van der Waals surface area contributed by atoms with Crippen LogP contribution in [-0.2, 0) is 22.4 Å². The molecule has 0 spiro atoms. The Labute approximate surface area is 141 Å². The number of nitrogens with zero attached hydrogens (tertiary/aromatic N) is 2. The zero-order chi connectivity index (χ0) is 16.2. The van der Waals surface area contributed by atoms with Crippen molar-refractivity contribution < 1.29 is 14.1 Å². The Morgan fingerprint density at radius 2 is 2.09 bits per heavy atom. The van der Waals surface area contributed by atoms with E-state index in [0.717, 1.165) is 25.0 Å². The van der Waals surface area contributed by atoms with Gasteiger partial charge >= 0.3 is 0 Å². The predicted octanol–water partition coefficient (Wildman–Crippen LogP) is 2.24. The fraction of sp³-hybridized carbons (Fsp3) is 0.429. The van der Waals surface area contributed by atoms with Crippen molar-refractivity contribution in [3.05, 3.63) is 22.4 Å². The first-order valence-electron chi connectivity index (χ1n) is 7.19. The molecule has 0 aromatic carbocycles. The molecule has 23 heavy (non-hydrogen) atoms. The summed E-state index contributed by atoms with van der Waals surface area (Å²) in [5, 5.41) is 9.72. The van der Waals surface area contributed by atoms with Gasteiger partial charge in [0.05, 0.1) is 17.2 Å². The molecular formula is C14H16N4O3S2. The Balaban J connectivity index is 1.38. The molecule has 9 heteroatoms. The van der Waals surface area contributed by atoms with Gasteiger partial charge in [-0.2, -0.15) is 0 Å². The molecule has 0 fully saturated rings. The molecular weight excluding hydrogens is 336 g/mol. The number of carbonyl (C=O) groups is 2. The monoisotopic (exact) mass is 352 g/mol. The fourth-order valence-corrected chi connectivity index (χ4v) is 3.92. The van der Waals surface area contributed by atoms with Crippen molar-refractivity contribution in [3.8, 4) is 0 Å². The average molecular weight is 352 g/mol. The molecule has 3 rings (SSSR count). The number of aryl methyl sites for hydroxylation is 3. The maximum atomic E-state index is 11.9. The molecule has 0 radical (unpaired) electrons. The van der Waals surface area contributed by atoms with Gasteiger partial charge < -0.3 is 15.2 Å². The lowest BCUT2D eigenvalue weighted by Crippen LogP contribution is -2.18. The fourth-order valence-electron chi connectivity index (χ4n) is 2.24. The van der Waals surface area contributed by atoms with Crippen molar-refractivity contribution in [2.45, 2.75) is 26.2 Å². The number of carbonyl (C=O) groups excluding carboxylic acids is 2. The van der Waals surface area contributed by atoms with Crippen LogP contribution in [0.2, 0.25) is 0 Å². The van der Waals surface area contributed by atoms with Gasteiger partial charge in [-0.3, -0.25) is 9.59 Å². The highest BCUT2D eigenvalue weighted by Crippen LogP contribution is 2.30. The number of rotatable bonds is 6. The van der Waals surface area contributed by atoms with Crippen LogP contribution in [0.5, 0.6) is 0 Å². The van der Waals surface area contributed by atoms with E-state index in [2.05, 4.69) is 20.8 Å². The molecule has 0 atom stereocenters. The lowest BCUT2D eigenvalue weighted by atomic mass is 10.4. The average Bonchev–Trinajstić information content (AvgIpc) is 3.15. The van der Waals surface area contributed by atoms with Gasteiger partial charge in [-0.25, -0.2) is 4.98 Å². The summed E-state index contributed by atoms with van der Waals surface area (Å²) in [6, 6.07) is 1.64. The Hall–Kier alpha value is -1.87. The third-order valence-electron chi connectivity index (χ3n) is 3.20. The van der Waals surface area contributed by atoms with E-state index in [-0.39, 0.29) is 23.3 Å². The standard InChI is InChI=1S/C14H16N4O3S2/c1-8-5-11(18-21-8)16-12(19)6-22-7-13(20)17-14-15-9-3-2-4-10(9)23-14/h5H,2-4,6-7H2,1H3,(H,15,17,20)(H,16,18,19). The third kappa shape index (κ3) is 4.32. The number of amides is 2. The number of aromatic nitrogens is 2. The number of nitrogens with one attached hydrogen (secondary N) is 2. The van der Waals surface area contributed by atoms with Gasteiger partial charge in [0.15, 0.2) is 10.9 Å². The number of thioether (sulfide) groups is 1. The minimum absolute atomic E-state index is 0.146. The molecule has 122 valence electrons. The first kappa shape index (κ1) is 16.0. The molecule has 2 aromatic rings. The second kappa shape index (κ2) is 7.14. The van der Waals surface area contributed by atoms with Crippen molar-refractivity contribution in [3.63, 3.8) is 0 Å². The van der Waals surface area contributed by atoms with Gasteiger partial charge in [0.25, 0.3) is 0 Å². The maximum absolute atomic E-state index is 11.9. The molecule has 0 saturated carbocycles. The number of thiazole rings is 1. The summed E-state index contributed by atoms with van der Waals surface area (Å²) in [4.78, 5) is 29.2. The van der Waals surface area contributed by atoms with Crippen LogP contribution >= 0.6 is 23.1 Å². The minimum atomic E-state index is -0.218. The van der Waals surface area contributed by atoms with Crippen molar-refractivity contribution in [1.29, 1.82) is 0 Å². The molecule has 0 saturated heterocycles. The van der Waals surface area contributed by atoms with Crippen molar-refractivity contribution in [1.82, 2.24) is 10.1 Å². The number of hydrogen-bond acceptors (Lipinski definition) is 7. The molecule has 7 nitrogen and oxygen atoms in total. The summed E-state index contributed by atoms with van der Waals surface area (Å²) in [6.45, 7) is 1.75. The van der Waals surface area contributed by atoms with Crippen molar-refractivity contribution in [2.24, 2.45) is 0 Å². The van der Waals surface area contributed by atoms with Crippen molar-refractivity contribution in [2.75, 3.05) is 22.1 Å². The molecule has 2 N–H and O–H groups in total. The SMILES string of the molecule is Cc1cc(NC(=O)CSCC(=O)Nc2nc3c(s2)CCC3)no1. The first-order chi connectivity index (χ1) is 11.1. The third-order valence-corrected chi connectivity index (χ3v) is 5.21. The Morgan fingerprint density at radius 1 is 1.30 bits per heavy atom. The lowest BCUT2D eigenvalue weighted by Gasteiger charge is -2.02. The van der Waals surface area contributed by atoms with Gasteiger partial charge in [-0.05, 0) is 26.2 Å². The van der Waals surface area contributed by atoms with E-state index in [1.165, 1.54) is 16.6 Å². The first-order valence-corrected chi connectivity index (χ1v) is 9.16. The zero-order valence-electron chi connectivity index (χ0n) is 12.5. The summed E-state index contributed by atoms with van der Waals surface area (Å²) in [7, 11) is 0. The molecule has 2 heterocycles. The van der Waals surface area contributed by atoms with E-state index in [4.69, 9.17) is 4.52 Å². The second-order valence-electron chi connectivity index (χ2n) is 5.15. The van der Waals surface area contributed by atoms with E-state index in [1.807, 2.05) is 0 Å². The normalized spacial score (nSPS) is 12.9. The van der Waals surface area contributed by atoms with E-state index < -0.39 is 0 Å². The van der Waals surface area contributed by atoms with Crippen LogP contribution in [0.15, 0.2) is 10.6 Å². The highest BCUT2D eigenvalue weighted by Gasteiger charge is 2.17. The molecule has 2 aromatic heterocycles. The van der Waals surface area contributed by atoms with Crippen molar-refractivity contribution >= 4 is 45.9 Å². The van der Waals surface area contributed by atoms with Crippen LogP contribution in [0, 0.1) is 6.92 Å². The predicted molar refractivity (Wildman–Crippen MR) is 90.0 cm³/mol. The Morgan fingerprint density at radius 3 is 2.78 bits per heavy atom. The molecule has 0 aliphatic heterocycles. The second-order valence-corrected chi connectivity index (χ2v) is 7.22. The zero-order valence-corrected chi connectivity index (χ0v) is 14.2. The van der Waals surface area contributed by atoms with Crippen LogP contribution in [0.1, 0.15) is 22.8 Å². The number of hydrogen-bond donors (Lipinski definition) is 2. The van der Waals surface area contributed by atoms with Crippen LogP contribution < -0.4 is 10.6 Å². The van der Waals surface area contributed by atoms with Crippen LogP contribution in [0.25, 0.3) is 0 Å². The highest BCUT2D eigenvalue weighted by atomic mass is 32.2. The van der Waals surface area contributed by atoms with Crippen LogP contribution in [0.4, 0.5) is 10.9 Å². The van der Waals surface area contributed by atoms with Gasteiger partial charge in [0.2, 0.25) is 11.8 Å². The van der Waals surface area contributed by atoms with E-state index in [9.17, 15) is 9.59 Å². The topological polar surface area (TPSA) is 97.1 Å².